The summed E-state index contributed by atoms with van der Waals surface area (Å²) in [5.41, 5.74) is 1.24. The number of benzene rings is 2. The Kier molecular flexibility index (Phi) is 4.50. The molecule has 4 nitrogen and oxygen atoms in total. The first-order valence-corrected chi connectivity index (χ1v) is 6.36. The van der Waals surface area contributed by atoms with Gasteiger partial charge in [-0.1, -0.05) is 25.1 Å². The number of rotatable bonds is 4. The van der Waals surface area contributed by atoms with E-state index in [1.54, 1.807) is 43.3 Å². The Hall–Kier alpha value is -2.62. The van der Waals surface area contributed by atoms with Gasteiger partial charge in [-0.15, -0.1) is 0 Å². The van der Waals surface area contributed by atoms with E-state index in [-0.39, 0.29) is 11.9 Å². The fourth-order valence-electron chi connectivity index (χ4n) is 1.60. The third kappa shape index (κ3) is 3.68. The van der Waals surface area contributed by atoms with E-state index in [9.17, 15) is 9.59 Å². The molecule has 102 valence electrons. The maximum absolute atomic E-state index is 11.9. The van der Waals surface area contributed by atoms with E-state index in [0.29, 0.717) is 23.4 Å². The fraction of sp³-hybridized carbons (Fsp3) is 0.125. The molecule has 0 heterocycles. The largest absolute Gasteiger partial charge is 0.427 e. The molecule has 0 unspecified atom stereocenters. The van der Waals surface area contributed by atoms with Crippen molar-refractivity contribution in [3.8, 4) is 5.75 Å². The van der Waals surface area contributed by atoms with Gasteiger partial charge in [-0.3, -0.25) is 9.59 Å². The Morgan fingerprint density at radius 2 is 1.65 bits per heavy atom. The molecule has 0 aromatic heterocycles. The Balaban J connectivity index is 2.00. The molecule has 1 amide bonds. The first-order valence-electron chi connectivity index (χ1n) is 6.36. The second-order valence-electron chi connectivity index (χ2n) is 4.17. The zero-order chi connectivity index (χ0) is 14.4. The molecule has 20 heavy (non-hydrogen) atoms. The van der Waals surface area contributed by atoms with Crippen LogP contribution in [0.15, 0.2) is 54.6 Å². The Bertz CT molecular complexity index is 591. The summed E-state index contributed by atoms with van der Waals surface area (Å²) in [4.78, 5) is 23.1. The van der Waals surface area contributed by atoms with Gasteiger partial charge in [0, 0.05) is 17.7 Å². The van der Waals surface area contributed by atoms with Gasteiger partial charge in [-0.25, -0.2) is 0 Å². The number of esters is 1. The van der Waals surface area contributed by atoms with Crippen molar-refractivity contribution < 1.29 is 14.3 Å². The highest BCUT2D eigenvalue weighted by Gasteiger charge is 2.06. The van der Waals surface area contributed by atoms with Gasteiger partial charge in [0.25, 0.3) is 5.91 Å². The highest BCUT2D eigenvalue weighted by atomic mass is 16.5. The minimum atomic E-state index is -0.286. The topological polar surface area (TPSA) is 55.4 Å². The molecule has 0 radical (unpaired) electrons. The zero-order valence-corrected chi connectivity index (χ0v) is 11.1. The normalized spacial score (nSPS) is 9.85. The van der Waals surface area contributed by atoms with Gasteiger partial charge < -0.3 is 10.1 Å². The van der Waals surface area contributed by atoms with Gasteiger partial charge in [0.15, 0.2) is 0 Å². The van der Waals surface area contributed by atoms with E-state index in [0.717, 1.165) is 0 Å². The summed E-state index contributed by atoms with van der Waals surface area (Å²) in [6, 6.07) is 15.6. The molecule has 2 aromatic rings. The van der Waals surface area contributed by atoms with Crippen molar-refractivity contribution in [1.29, 1.82) is 0 Å². The van der Waals surface area contributed by atoms with Crippen LogP contribution in [0.1, 0.15) is 23.7 Å². The average Bonchev–Trinajstić information content (AvgIpc) is 2.50. The lowest BCUT2D eigenvalue weighted by molar-refractivity contribution is -0.134. The monoisotopic (exact) mass is 269 g/mol. The van der Waals surface area contributed by atoms with Crippen LogP contribution in [0.25, 0.3) is 0 Å². The first-order chi connectivity index (χ1) is 9.69. The van der Waals surface area contributed by atoms with Crippen LogP contribution in [0.4, 0.5) is 5.69 Å². The molecule has 4 heteroatoms. The number of hydrogen-bond acceptors (Lipinski definition) is 3. The summed E-state index contributed by atoms with van der Waals surface area (Å²) in [7, 11) is 0. The highest BCUT2D eigenvalue weighted by Crippen LogP contribution is 2.17. The summed E-state index contributed by atoms with van der Waals surface area (Å²) in [5.74, 6) is 0.00420. The molecular weight excluding hydrogens is 254 g/mol. The lowest BCUT2D eigenvalue weighted by atomic mass is 10.2. The lowest BCUT2D eigenvalue weighted by Crippen LogP contribution is -2.11. The fourth-order valence-corrected chi connectivity index (χ4v) is 1.60. The van der Waals surface area contributed by atoms with Crippen LogP contribution in [0, 0.1) is 0 Å². The maximum Gasteiger partial charge on any atom is 0.310 e. The number of carbonyl (C=O) groups excluding carboxylic acids is 2. The zero-order valence-electron chi connectivity index (χ0n) is 11.1. The molecular formula is C16H15NO3. The molecule has 0 aliphatic heterocycles. The van der Waals surface area contributed by atoms with Gasteiger partial charge >= 0.3 is 5.97 Å². The van der Waals surface area contributed by atoms with Crippen LogP contribution < -0.4 is 10.1 Å². The van der Waals surface area contributed by atoms with E-state index in [2.05, 4.69) is 5.32 Å². The number of carbonyl (C=O) groups is 2. The lowest BCUT2D eigenvalue weighted by Gasteiger charge is -2.07. The predicted octanol–water partition coefficient (Wildman–Crippen LogP) is 3.25. The molecule has 0 saturated carbocycles. The van der Waals surface area contributed by atoms with Crippen LogP contribution in [0.5, 0.6) is 5.75 Å². The first kappa shape index (κ1) is 13.8. The molecule has 0 aliphatic rings. The Morgan fingerprint density at radius 1 is 1.00 bits per heavy atom. The van der Waals surface area contributed by atoms with Crippen molar-refractivity contribution in [3.05, 3.63) is 60.2 Å². The summed E-state index contributed by atoms with van der Waals surface area (Å²) >= 11 is 0. The van der Waals surface area contributed by atoms with E-state index in [4.69, 9.17) is 4.74 Å². The van der Waals surface area contributed by atoms with Crippen LogP contribution >= 0.6 is 0 Å². The minimum Gasteiger partial charge on any atom is -0.427 e. The van der Waals surface area contributed by atoms with E-state index >= 15 is 0 Å². The van der Waals surface area contributed by atoms with E-state index in [1.807, 2.05) is 18.2 Å². The van der Waals surface area contributed by atoms with Crippen molar-refractivity contribution in [1.82, 2.24) is 0 Å². The van der Waals surface area contributed by atoms with Crippen molar-refractivity contribution in [2.75, 3.05) is 5.32 Å². The van der Waals surface area contributed by atoms with Crippen molar-refractivity contribution in [2.45, 2.75) is 13.3 Å². The van der Waals surface area contributed by atoms with Gasteiger partial charge in [0.1, 0.15) is 5.75 Å². The van der Waals surface area contributed by atoms with E-state index in [1.165, 1.54) is 0 Å². The molecule has 0 atom stereocenters. The molecule has 0 fully saturated rings. The van der Waals surface area contributed by atoms with Gasteiger partial charge in [0.2, 0.25) is 0 Å². The highest BCUT2D eigenvalue weighted by molar-refractivity contribution is 6.04. The second kappa shape index (κ2) is 6.52. The minimum absolute atomic E-state index is 0.177. The van der Waals surface area contributed by atoms with Crippen LogP contribution in [-0.2, 0) is 4.79 Å². The number of anilines is 1. The SMILES string of the molecule is CCC(=O)Oc1ccc(NC(=O)c2ccccc2)cc1. The molecule has 0 spiro atoms. The number of ether oxygens (including phenoxy) is 1. The number of hydrogen-bond donors (Lipinski definition) is 1. The summed E-state index contributed by atoms with van der Waals surface area (Å²) in [6.45, 7) is 1.73. The third-order valence-electron chi connectivity index (χ3n) is 2.67. The smallest absolute Gasteiger partial charge is 0.310 e. The second-order valence-corrected chi connectivity index (χ2v) is 4.17. The molecule has 1 N–H and O–H groups in total. The molecule has 0 saturated heterocycles. The third-order valence-corrected chi connectivity index (χ3v) is 2.67. The van der Waals surface area contributed by atoms with E-state index < -0.39 is 0 Å². The summed E-state index contributed by atoms with van der Waals surface area (Å²) < 4.78 is 5.06. The Labute approximate surface area is 117 Å². The summed E-state index contributed by atoms with van der Waals surface area (Å²) in [5, 5.41) is 2.77. The van der Waals surface area contributed by atoms with Crippen molar-refractivity contribution in [3.63, 3.8) is 0 Å². The molecule has 2 rings (SSSR count). The predicted molar refractivity (Wildman–Crippen MR) is 76.8 cm³/mol. The van der Waals surface area contributed by atoms with Gasteiger partial charge in [-0.2, -0.15) is 0 Å². The number of amides is 1. The van der Waals surface area contributed by atoms with Crippen LogP contribution in [0.2, 0.25) is 0 Å². The summed E-state index contributed by atoms with van der Waals surface area (Å²) in [6.07, 6.45) is 0.326. The van der Waals surface area contributed by atoms with Gasteiger partial charge in [-0.05, 0) is 36.4 Å². The van der Waals surface area contributed by atoms with Gasteiger partial charge in [0.05, 0.1) is 0 Å². The average molecular weight is 269 g/mol. The molecule has 2 aromatic carbocycles. The Morgan fingerprint density at radius 3 is 2.25 bits per heavy atom. The quantitative estimate of drug-likeness (QED) is 0.684. The maximum atomic E-state index is 11.9. The number of nitrogens with one attached hydrogen (secondary N) is 1. The molecule has 0 aliphatic carbocycles. The van der Waals surface area contributed by atoms with Crippen LogP contribution in [-0.4, -0.2) is 11.9 Å². The van der Waals surface area contributed by atoms with Crippen molar-refractivity contribution >= 4 is 17.6 Å². The van der Waals surface area contributed by atoms with Crippen molar-refractivity contribution in [2.24, 2.45) is 0 Å². The standard InChI is InChI=1S/C16H15NO3/c1-2-15(18)20-14-10-8-13(9-11-14)17-16(19)12-6-4-3-5-7-12/h3-11H,2H2,1H3,(H,17,19). The van der Waals surface area contributed by atoms with Crippen LogP contribution in [0.3, 0.4) is 0 Å². The molecule has 0 bridgehead atoms.